The minimum Gasteiger partial charge on any atom is -0.487 e. The fourth-order valence-electron chi connectivity index (χ4n) is 2.65. The van der Waals surface area contributed by atoms with Gasteiger partial charge < -0.3 is 19.8 Å². The van der Waals surface area contributed by atoms with Gasteiger partial charge in [0.05, 0.1) is 18.4 Å². The summed E-state index contributed by atoms with van der Waals surface area (Å²) >= 11 is 0. The number of nitrogens with zero attached hydrogens (tertiary/aromatic N) is 3. The lowest BCUT2D eigenvalue weighted by Gasteiger charge is -2.13. The molecule has 1 aromatic carbocycles. The number of guanidine groups is 1. The number of aromatic nitrogens is 2. The third-order valence-electron chi connectivity index (χ3n) is 4.42. The van der Waals surface area contributed by atoms with Crippen LogP contribution in [0.15, 0.2) is 64.3 Å². The standard InChI is InChI=1S/C23H29N5O2/c1-23(2,3)20-14-26-21(30-20)15-28-22(24-4)27-13-17-8-10-19(11-9-17)29-16-18-7-5-6-12-25-18/h5-12,14H,13,15-16H2,1-4H3,(H2,24,27,28). The van der Waals surface area contributed by atoms with Gasteiger partial charge in [0.1, 0.15) is 18.1 Å². The molecule has 0 aliphatic rings. The van der Waals surface area contributed by atoms with Crippen LogP contribution in [0.4, 0.5) is 0 Å². The summed E-state index contributed by atoms with van der Waals surface area (Å²) < 4.78 is 11.6. The average molecular weight is 408 g/mol. The maximum atomic E-state index is 5.80. The van der Waals surface area contributed by atoms with Crippen LogP contribution >= 0.6 is 0 Å². The summed E-state index contributed by atoms with van der Waals surface area (Å²) in [4.78, 5) is 12.8. The molecule has 0 atom stereocenters. The Bertz CT molecular complexity index is 944. The van der Waals surface area contributed by atoms with E-state index in [9.17, 15) is 0 Å². The molecule has 2 heterocycles. The topological polar surface area (TPSA) is 84.6 Å². The van der Waals surface area contributed by atoms with Gasteiger partial charge in [-0.3, -0.25) is 9.98 Å². The molecule has 0 radical (unpaired) electrons. The van der Waals surface area contributed by atoms with Crippen molar-refractivity contribution in [2.75, 3.05) is 7.05 Å². The summed E-state index contributed by atoms with van der Waals surface area (Å²) in [6.45, 7) is 7.85. The summed E-state index contributed by atoms with van der Waals surface area (Å²) in [7, 11) is 1.74. The zero-order valence-corrected chi connectivity index (χ0v) is 18.0. The summed E-state index contributed by atoms with van der Waals surface area (Å²) in [6.07, 6.45) is 3.55. The third-order valence-corrected chi connectivity index (χ3v) is 4.42. The van der Waals surface area contributed by atoms with Crippen molar-refractivity contribution in [1.29, 1.82) is 0 Å². The number of ether oxygens (including phenoxy) is 1. The van der Waals surface area contributed by atoms with E-state index in [4.69, 9.17) is 9.15 Å². The molecule has 0 bridgehead atoms. The monoisotopic (exact) mass is 407 g/mol. The molecule has 3 aromatic rings. The molecule has 0 unspecified atom stereocenters. The molecule has 158 valence electrons. The van der Waals surface area contributed by atoms with Crippen LogP contribution in [-0.4, -0.2) is 23.0 Å². The van der Waals surface area contributed by atoms with Gasteiger partial charge in [-0.05, 0) is 29.8 Å². The van der Waals surface area contributed by atoms with Crippen molar-refractivity contribution in [2.45, 2.75) is 45.9 Å². The lowest BCUT2D eigenvalue weighted by Crippen LogP contribution is -2.36. The zero-order valence-electron chi connectivity index (χ0n) is 18.0. The van der Waals surface area contributed by atoms with Crippen molar-refractivity contribution < 1.29 is 9.15 Å². The van der Waals surface area contributed by atoms with Crippen molar-refractivity contribution in [1.82, 2.24) is 20.6 Å². The number of oxazole rings is 1. The molecule has 0 aliphatic carbocycles. The minimum absolute atomic E-state index is 0.0569. The van der Waals surface area contributed by atoms with Gasteiger partial charge in [-0.1, -0.05) is 39.0 Å². The van der Waals surface area contributed by atoms with Crippen LogP contribution in [0, 0.1) is 0 Å². The Morgan fingerprint density at radius 3 is 2.43 bits per heavy atom. The highest BCUT2D eigenvalue weighted by molar-refractivity contribution is 5.79. The van der Waals surface area contributed by atoms with Crippen LogP contribution in [0.5, 0.6) is 5.75 Å². The van der Waals surface area contributed by atoms with Gasteiger partial charge in [0, 0.05) is 25.2 Å². The zero-order chi connectivity index (χ0) is 21.4. The molecule has 3 rings (SSSR count). The Balaban J connectivity index is 1.45. The molecule has 0 saturated carbocycles. The molecule has 0 saturated heterocycles. The highest BCUT2D eigenvalue weighted by Gasteiger charge is 2.19. The smallest absolute Gasteiger partial charge is 0.213 e. The van der Waals surface area contributed by atoms with E-state index in [1.807, 2.05) is 42.5 Å². The first-order valence-electron chi connectivity index (χ1n) is 9.95. The van der Waals surface area contributed by atoms with Gasteiger partial charge in [0.15, 0.2) is 5.96 Å². The second-order valence-corrected chi connectivity index (χ2v) is 7.90. The highest BCUT2D eigenvalue weighted by atomic mass is 16.5. The fourth-order valence-corrected chi connectivity index (χ4v) is 2.65. The molecular formula is C23H29N5O2. The van der Waals surface area contributed by atoms with E-state index >= 15 is 0 Å². The summed E-state index contributed by atoms with van der Waals surface area (Å²) in [5.41, 5.74) is 1.96. The van der Waals surface area contributed by atoms with Crippen LogP contribution in [0.1, 0.15) is 43.7 Å². The first-order valence-corrected chi connectivity index (χ1v) is 9.95. The number of pyridine rings is 1. The van der Waals surface area contributed by atoms with E-state index in [0.717, 1.165) is 22.8 Å². The number of rotatable bonds is 7. The molecule has 0 aliphatic heterocycles. The largest absolute Gasteiger partial charge is 0.487 e. The lowest BCUT2D eigenvalue weighted by molar-refractivity contribution is 0.301. The van der Waals surface area contributed by atoms with Crippen molar-refractivity contribution >= 4 is 5.96 Å². The van der Waals surface area contributed by atoms with Gasteiger partial charge in [-0.2, -0.15) is 0 Å². The first-order chi connectivity index (χ1) is 14.4. The van der Waals surface area contributed by atoms with Gasteiger partial charge in [-0.25, -0.2) is 4.98 Å². The molecule has 2 aromatic heterocycles. The van der Waals surface area contributed by atoms with Crippen LogP contribution in [0.25, 0.3) is 0 Å². The minimum atomic E-state index is -0.0569. The lowest BCUT2D eigenvalue weighted by atomic mass is 9.94. The third kappa shape index (κ3) is 6.34. The van der Waals surface area contributed by atoms with Crippen LogP contribution in [0.3, 0.4) is 0 Å². The normalized spacial score (nSPS) is 11.9. The average Bonchev–Trinajstić information content (AvgIpc) is 3.24. The molecule has 2 N–H and O–H groups in total. The van der Waals surface area contributed by atoms with E-state index in [1.165, 1.54) is 0 Å². The van der Waals surface area contributed by atoms with E-state index in [1.54, 1.807) is 19.4 Å². The van der Waals surface area contributed by atoms with Crippen LogP contribution in [-0.2, 0) is 25.1 Å². The number of hydrogen-bond donors (Lipinski definition) is 2. The predicted octanol–water partition coefficient (Wildman–Crippen LogP) is 3.81. The second-order valence-electron chi connectivity index (χ2n) is 7.90. The van der Waals surface area contributed by atoms with Crippen molar-refractivity contribution in [2.24, 2.45) is 4.99 Å². The quantitative estimate of drug-likeness (QED) is 0.458. The van der Waals surface area contributed by atoms with Gasteiger partial charge in [0.25, 0.3) is 0 Å². The molecule has 30 heavy (non-hydrogen) atoms. The molecule has 0 amide bonds. The predicted molar refractivity (Wildman–Crippen MR) is 117 cm³/mol. The number of nitrogens with one attached hydrogen (secondary N) is 2. The molecular weight excluding hydrogens is 378 g/mol. The summed E-state index contributed by atoms with van der Waals surface area (Å²) in [6, 6.07) is 13.7. The maximum Gasteiger partial charge on any atom is 0.213 e. The van der Waals surface area contributed by atoms with E-state index in [2.05, 4.69) is 46.4 Å². The number of hydrogen-bond acceptors (Lipinski definition) is 5. The van der Waals surface area contributed by atoms with E-state index in [-0.39, 0.29) is 5.41 Å². The number of benzene rings is 1. The van der Waals surface area contributed by atoms with Crippen molar-refractivity contribution in [3.05, 3.63) is 77.8 Å². The Kier molecular flexibility index (Phi) is 7.06. The Morgan fingerprint density at radius 1 is 1.03 bits per heavy atom. The molecule has 0 spiro atoms. The number of aliphatic imine (C=N–C) groups is 1. The molecule has 7 heteroatoms. The summed E-state index contributed by atoms with van der Waals surface area (Å²) in [5, 5.41) is 6.51. The SMILES string of the molecule is CN=C(NCc1ccc(OCc2ccccn2)cc1)NCc1ncc(C(C)(C)C)o1. The molecule has 0 fully saturated rings. The van der Waals surface area contributed by atoms with Gasteiger partial charge >= 0.3 is 0 Å². The fraction of sp³-hybridized carbons (Fsp3) is 0.348. The van der Waals surface area contributed by atoms with E-state index < -0.39 is 0 Å². The summed E-state index contributed by atoms with van der Waals surface area (Å²) in [5.74, 6) is 3.00. The van der Waals surface area contributed by atoms with Gasteiger partial charge in [0.2, 0.25) is 5.89 Å². The Labute approximate surface area is 177 Å². The Morgan fingerprint density at radius 2 is 1.80 bits per heavy atom. The highest BCUT2D eigenvalue weighted by Crippen LogP contribution is 2.22. The van der Waals surface area contributed by atoms with Gasteiger partial charge in [-0.15, -0.1) is 0 Å². The van der Waals surface area contributed by atoms with Crippen LogP contribution < -0.4 is 15.4 Å². The maximum absolute atomic E-state index is 5.80. The molecule has 7 nitrogen and oxygen atoms in total. The van der Waals surface area contributed by atoms with Crippen LogP contribution in [0.2, 0.25) is 0 Å². The second kappa shape index (κ2) is 9.91. The van der Waals surface area contributed by atoms with E-state index in [0.29, 0.717) is 31.5 Å². The Hall–Kier alpha value is -3.35. The van der Waals surface area contributed by atoms with Crippen molar-refractivity contribution in [3.63, 3.8) is 0 Å². The van der Waals surface area contributed by atoms with Crippen molar-refractivity contribution in [3.8, 4) is 5.75 Å². The first kappa shape index (κ1) is 21.4.